The highest BCUT2D eigenvalue weighted by atomic mass is 16.5. The van der Waals surface area contributed by atoms with Gasteiger partial charge in [-0.05, 0) is 25.0 Å². The Morgan fingerprint density at radius 3 is 2.81 bits per heavy atom. The number of rotatable bonds is 5. The Bertz CT molecular complexity index is 946. The second kappa shape index (κ2) is 6.23. The minimum atomic E-state index is -0.178. The number of nitrogens with zero attached hydrogens (tertiary/aromatic N) is 4. The fraction of sp³-hybridized carbons (Fsp3) is 0.474. The van der Waals surface area contributed by atoms with Crippen molar-refractivity contribution in [3.05, 3.63) is 47.6 Å². The molecule has 0 saturated heterocycles. The Morgan fingerprint density at radius 2 is 2.12 bits per heavy atom. The lowest BCUT2D eigenvalue weighted by molar-refractivity contribution is 0.0951. The van der Waals surface area contributed by atoms with Crippen LogP contribution in [0.2, 0.25) is 0 Å². The summed E-state index contributed by atoms with van der Waals surface area (Å²) in [6, 6.07) is 5.83. The molecule has 1 aliphatic carbocycles. The topological polar surface area (TPSA) is 85.3 Å². The van der Waals surface area contributed by atoms with Gasteiger partial charge < -0.3 is 14.2 Å². The first-order valence-corrected chi connectivity index (χ1v) is 9.02. The lowest BCUT2D eigenvalue weighted by Gasteiger charge is -2.10. The number of imidazole rings is 1. The number of aromatic nitrogens is 4. The summed E-state index contributed by atoms with van der Waals surface area (Å²) in [5.41, 5.74) is 1.15. The second-order valence-corrected chi connectivity index (χ2v) is 7.82. The van der Waals surface area contributed by atoms with Crippen LogP contribution in [-0.2, 0) is 11.8 Å². The number of pyridine rings is 1. The predicted octanol–water partition coefficient (Wildman–Crippen LogP) is 2.86. The highest BCUT2D eigenvalue weighted by Gasteiger charge is 2.30. The van der Waals surface area contributed by atoms with Gasteiger partial charge in [0.05, 0.1) is 5.52 Å². The number of hydrogen-bond donors (Lipinski definition) is 1. The van der Waals surface area contributed by atoms with Gasteiger partial charge in [0.15, 0.2) is 11.5 Å². The molecule has 0 unspecified atom stereocenters. The van der Waals surface area contributed by atoms with Crippen LogP contribution in [0, 0.1) is 0 Å². The molecule has 0 atom stereocenters. The van der Waals surface area contributed by atoms with Crippen LogP contribution in [0.25, 0.3) is 5.52 Å². The summed E-state index contributed by atoms with van der Waals surface area (Å²) in [5, 5.41) is 6.90. The van der Waals surface area contributed by atoms with E-state index in [9.17, 15) is 4.79 Å². The molecule has 3 heterocycles. The van der Waals surface area contributed by atoms with Crippen molar-refractivity contribution >= 4 is 11.4 Å². The molecular weight excluding hydrogens is 330 g/mol. The maximum atomic E-state index is 12.6. The van der Waals surface area contributed by atoms with Gasteiger partial charge in [0.2, 0.25) is 5.89 Å². The molecular formula is C19H23N5O2. The largest absolute Gasteiger partial charge is 0.350 e. The Balaban J connectivity index is 1.44. The van der Waals surface area contributed by atoms with Crippen molar-refractivity contribution in [1.82, 2.24) is 24.8 Å². The van der Waals surface area contributed by atoms with E-state index >= 15 is 0 Å². The molecule has 0 spiro atoms. The van der Waals surface area contributed by atoms with Crippen LogP contribution in [0.5, 0.6) is 0 Å². The van der Waals surface area contributed by atoms with E-state index in [1.54, 1.807) is 0 Å². The molecule has 26 heavy (non-hydrogen) atoms. The van der Waals surface area contributed by atoms with E-state index in [0.29, 0.717) is 36.3 Å². The predicted molar refractivity (Wildman–Crippen MR) is 96.2 cm³/mol. The second-order valence-electron chi connectivity index (χ2n) is 7.82. The van der Waals surface area contributed by atoms with Gasteiger partial charge in [0.25, 0.3) is 5.91 Å². The van der Waals surface area contributed by atoms with Crippen LogP contribution in [0.15, 0.2) is 28.9 Å². The lowest BCUT2D eigenvalue weighted by atomic mass is 9.97. The Morgan fingerprint density at radius 1 is 1.31 bits per heavy atom. The summed E-state index contributed by atoms with van der Waals surface area (Å²) < 4.78 is 7.31. The molecule has 0 aliphatic heterocycles. The molecule has 1 fully saturated rings. The van der Waals surface area contributed by atoms with Gasteiger partial charge in [-0.1, -0.05) is 32.0 Å². The number of amides is 1. The SMILES string of the molecule is CC(C)(C)c1nc(CCNC(=O)c2nc(C3CC3)n3ccccc23)no1. The van der Waals surface area contributed by atoms with Gasteiger partial charge in [-0.2, -0.15) is 4.98 Å². The minimum absolute atomic E-state index is 0.167. The monoisotopic (exact) mass is 353 g/mol. The van der Waals surface area contributed by atoms with E-state index in [2.05, 4.69) is 20.4 Å². The minimum Gasteiger partial charge on any atom is -0.350 e. The van der Waals surface area contributed by atoms with Crippen molar-refractivity contribution < 1.29 is 9.32 Å². The van der Waals surface area contributed by atoms with Gasteiger partial charge in [0.1, 0.15) is 5.82 Å². The molecule has 4 rings (SSSR count). The normalized spacial score (nSPS) is 14.7. The zero-order valence-corrected chi connectivity index (χ0v) is 15.3. The highest BCUT2D eigenvalue weighted by Crippen LogP contribution is 2.39. The van der Waals surface area contributed by atoms with Crippen LogP contribution >= 0.6 is 0 Å². The van der Waals surface area contributed by atoms with Crippen molar-refractivity contribution in [2.45, 2.75) is 51.4 Å². The molecule has 7 nitrogen and oxygen atoms in total. The fourth-order valence-corrected chi connectivity index (χ4v) is 2.89. The zero-order valence-electron chi connectivity index (χ0n) is 15.3. The van der Waals surface area contributed by atoms with Gasteiger partial charge in [0, 0.05) is 30.5 Å². The number of fused-ring (bicyclic) bond motifs is 1. The van der Waals surface area contributed by atoms with Crippen LogP contribution in [0.3, 0.4) is 0 Å². The average Bonchev–Trinajstić information content (AvgIpc) is 3.19. The number of carbonyl (C=O) groups excluding carboxylic acids is 1. The number of nitrogens with one attached hydrogen (secondary N) is 1. The van der Waals surface area contributed by atoms with Gasteiger partial charge in [-0.3, -0.25) is 4.79 Å². The van der Waals surface area contributed by atoms with Crippen LogP contribution < -0.4 is 5.32 Å². The van der Waals surface area contributed by atoms with E-state index in [0.717, 1.165) is 24.2 Å². The molecule has 3 aromatic heterocycles. The molecule has 1 aliphatic rings. The smallest absolute Gasteiger partial charge is 0.272 e. The Labute approximate surface area is 151 Å². The quantitative estimate of drug-likeness (QED) is 0.762. The Kier molecular flexibility index (Phi) is 4.01. The van der Waals surface area contributed by atoms with E-state index in [4.69, 9.17) is 4.52 Å². The zero-order chi connectivity index (χ0) is 18.3. The first-order valence-electron chi connectivity index (χ1n) is 9.02. The molecule has 0 radical (unpaired) electrons. The molecule has 1 N–H and O–H groups in total. The van der Waals surface area contributed by atoms with E-state index in [1.807, 2.05) is 49.6 Å². The van der Waals surface area contributed by atoms with Crippen LogP contribution in [0.4, 0.5) is 0 Å². The third-order valence-corrected chi connectivity index (χ3v) is 4.48. The lowest BCUT2D eigenvalue weighted by Crippen LogP contribution is -2.26. The molecule has 7 heteroatoms. The van der Waals surface area contributed by atoms with Gasteiger partial charge in [-0.15, -0.1) is 0 Å². The molecule has 3 aromatic rings. The van der Waals surface area contributed by atoms with Crippen molar-refractivity contribution in [1.29, 1.82) is 0 Å². The summed E-state index contributed by atoms with van der Waals surface area (Å²) in [6.07, 6.45) is 4.78. The van der Waals surface area contributed by atoms with Crippen molar-refractivity contribution in [2.75, 3.05) is 6.54 Å². The van der Waals surface area contributed by atoms with Gasteiger partial charge in [-0.25, -0.2) is 4.98 Å². The molecule has 0 aromatic carbocycles. The molecule has 1 saturated carbocycles. The maximum absolute atomic E-state index is 12.6. The molecule has 136 valence electrons. The Hall–Kier alpha value is -2.70. The summed E-state index contributed by atoms with van der Waals surface area (Å²) in [4.78, 5) is 21.6. The summed E-state index contributed by atoms with van der Waals surface area (Å²) in [5.74, 6) is 2.50. The third-order valence-electron chi connectivity index (χ3n) is 4.48. The van der Waals surface area contributed by atoms with Crippen LogP contribution in [-0.4, -0.2) is 32.0 Å². The van der Waals surface area contributed by atoms with Crippen molar-refractivity contribution in [3.63, 3.8) is 0 Å². The van der Waals surface area contributed by atoms with Crippen molar-refractivity contribution in [3.8, 4) is 0 Å². The molecule has 1 amide bonds. The number of carbonyl (C=O) groups is 1. The molecule has 0 bridgehead atoms. The van der Waals surface area contributed by atoms with Crippen molar-refractivity contribution in [2.24, 2.45) is 0 Å². The summed E-state index contributed by atoms with van der Waals surface area (Å²) >= 11 is 0. The highest BCUT2D eigenvalue weighted by molar-refractivity contribution is 5.99. The van der Waals surface area contributed by atoms with Gasteiger partial charge >= 0.3 is 0 Å². The first-order chi connectivity index (χ1) is 12.4. The number of hydrogen-bond acceptors (Lipinski definition) is 5. The third kappa shape index (κ3) is 3.21. The average molecular weight is 353 g/mol. The summed E-state index contributed by atoms with van der Waals surface area (Å²) in [7, 11) is 0. The fourth-order valence-electron chi connectivity index (χ4n) is 2.89. The summed E-state index contributed by atoms with van der Waals surface area (Å²) in [6.45, 7) is 6.50. The van der Waals surface area contributed by atoms with E-state index in [1.165, 1.54) is 0 Å². The van der Waals surface area contributed by atoms with E-state index < -0.39 is 0 Å². The first kappa shape index (κ1) is 16.8. The van der Waals surface area contributed by atoms with Crippen LogP contribution in [0.1, 0.15) is 67.6 Å². The van der Waals surface area contributed by atoms with E-state index in [-0.39, 0.29) is 11.3 Å². The maximum Gasteiger partial charge on any atom is 0.272 e. The standard InChI is InChI=1S/C19H23N5O2/c1-19(2,3)18-21-14(23-26-18)9-10-20-17(25)15-13-6-4-5-11-24(13)16(22-15)12-7-8-12/h4-6,11-12H,7-10H2,1-3H3,(H,20,25).